The molecular weight excluding hydrogens is 224 g/mol. The first-order valence-corrected chi connectivity index (χ1v) is 6.77. The molecule has 18 heavy (non-hydrogen) atoms. The molecule has 0 N–H and O–H groups in total. The van der Waals surface area contributed by atoms with Crippen molar-refractivity contribution in [2.75, 3.05) is 13.2 Å². The van der Waals surface area contributed by atoms with Crippen LogP contribution in [-0.2, 0) is 0 Å². The predicted molar refractivity (Wildman–Crippen MR) is 76.6 cm³/mol. The third-order valence-electron chi connectivity index (χ3n) is 2.62. The second kappa shape index (κ2) is 6.67. The lowest BCUT2D eigenvalue weighted by molar-refractivity contribution is 0.256. The summed E-state index contributed by atoms with van der Waals surface area (Å²) in [6, 6.07) is 4.15. The van der Waals surface area contributed by atoms with Crippen molar-refractivity contribution < 1.29 is 9.47 Å². The Bertz CT molecular complexity index is 348. The second-order valence-corrected chi connectivity index (χ2v) is 5.79. The van der Waals surface area contributed by atoms with Crippen molar-refractivity contribution >= 4 is 0 Å². The third kappa shape index (κ3) is 4.59. The highest BCUT2D eigenvalue weighted by Gasteiger charge is 2.08. The van der Waals surface area contributed by atoms with Crippen LogP contribution in [0.1, 0.15) is 38.8 Å². The van der Waals surface area contributed by atoms with E-state index in [9.17, 15) is 0 Å². The molecule has 0 unspecified atom stereocenters. The van der Waals surface area contributed by atoms with Crippen LogP contribution in [0.25, 0.3) is 0 Å². The highest BCUT2D eigenvalue weighted by atomic mass is 16.5. The zero-order valence-electron chi connectivity index (χ0n) is 12.5. The zero-order chi connectivity index (χ0) is 13.7. The molecule has 0 aromatic heterocycles. The lowest BCUT2D eigenvalue weighted by Crippen LogP contribution is -2.08. The minimum Gasteiger partial charge on any atom is -0.493 e. The van der Waals surface area contributed by atoms with E-state index in [4.69, 9.17) is 9.47 Å². The number of hydrogen-bond donors (Lipinski definition) is 0. The maximum atomic E-state index is 5.82. The molecule has 2 nitrogen and oxygen atoms in total. The van der Waals surface area contributed by atoms with Gasteiger partial charge < -0.3 is 9.47 Å². The Morgan fingerprint density at radius 3 is 1.50 bits per heavy atom. The van der Waals surface area contributed by atoms with Gasteiger partial charge in [0.2, 0.25) is 0 Å². The van der Waals surface area contributed by atoms with E-state index in [0.717, 1.165) is 24.7 Å². The molecule has 2 heteroatoms. The van der Waals surface area contributed by atoms with Crippen molar-refractivity contribution in [1.82, 2.24) is 0 Å². The van der Waals surface area contributed by atoms with Gasteiger partial charge in [0.15, 0.2) is 0 Å². The maximum Gasteiger partial charge on any atom is 0.125 e. The SMILES string of the molecule is Cc1cc(C)c(OCC(C)C)cc1OCC(C)C. The standard InChI is InChI=1S/C16H26O2/c1-11(2)9-17-15-8-16(18-10-12(3)4)14(6)7-13(15)5/h7-8,11-12H,9-10H2,1-6H3. The minimum atomic E-state index is 0.533. The average molecular weight is 250 g/mol. The van der Waals surface area contributed by atoms with E-state index in [-0.39, 0.29) is 0 Å². The Morgan fingerprint density at radius 2 is 1.17 bits per heavy atom. The molecule has 0 aliphatic carbocycles. The molecule has 0 heterocycles. The molecule has 0 saturated carbocycles. The topological polar surface area (TPSA) is 18.5 Å². The van der Waals surface area contributed by atoms with Gasteiger partial charge in [0.25, 0.3) is 0 Å². The maximum absolute atomic E-state index is 5.82. The van der Waals surface area contributed by atoms with Gasteiger partial charge in [-0.25, -0.2) is 0 Å². The van der Waals surface area contributed by atoms with E-state index >= 15 is 0 Å². The largest absolute Gasteiger partial charge is 0.493 e. The van der Waals surface area contributed by atoms with Gasteiger partial charge in [0.05, 0.1) is 13.2 Å². The van der Waals surface area contributed by atoms with E-state index in [2.05, 4.69) is 47.6 Å². The van der Waals surface area contributed by atoms with Gasteiger partial charge >= 0.3 is 0 Å². The first kappa shape index (κ1) is 14.9. The van der Waals surface area contributed by atoms with Crippen LogP contribution in [0.5, 0.6) is 11.5 Å². The lowest BCUT2D eigenvalue weighted by Gasteiger charge is -2.16. The number of aryl methyl sites for hydroxylation is 2. The Morgan fingerprint density at radius 1 is 0.778 bits per heavy atom. The number of rotatable bonds is 6. The summed E-state index contributed by atoms with van der Waals surface area (Å²) in [6.45, 7) is 14.3. The molecule has 0 aliphatic rings. The second-order valence-electron chi connectivity index (χ2n) is 5.79. The normalized spacial score (nSPS) is 11.1. The molecule has 0 bridgehead atoms. The first-order valence-electron chi connectivity index (χ1n) is 6.77. The molecule has 1 aromatic carbocycles. The van der Waals surface area contributed by atoms with Crippen molar-refractivity contribution in [2.24, 2.45) is 11.8 Å². The fourth-order valence-electron chi connectivity index (χ4n) is 1.64. The Labute approximate surface area is 111 Å². The smallest absolute Gasteiger partial charge is 0.125 e. The van der Waals surface area contributed by atoms with Gasteiger partial charge in [0, 0.05) is 6.07 Å². The van der Waals surface area contributed by atoms with Crippen molar-refractivity contribution in [3.05, 3.63) is 23.3 Å². The number of hydrogen-bond acceptors (Lipinski definition) is 2. The van der Waals surface area contributed by atoms with Gasteiger partial charge in [-0.2, -0.15) is 0 Å². The van der Waals surface area contributed by atoms with Crippen LogP contribution >= 0.6 is 0 Å². The number of benzene rings is 1. The summed E-state index contributed by atoms with van der Waals surface area (Å²) < 4.78 is 11.6. The lowest BCUT2D eigenvalue weighted by atomic mass is 10.1. The van der Waals surface area contributed by atoms with E-state index in [1.807, 2.05) is 6.07 Å². The first-order chi connectivity index (χ1) is 8.40. The molecule has 1 aromatic rings. The highest BCUT2D eigenvalue weighted by Crippen LogP contribution is 2.29. The fraction of sp³-hybridized carbons (Fsp3) is 0.625. The summed E-state index contributed by atoms with van der Waals surface area (Å²) in [4.78, 5) is 0. The van der Waals surface area contributed by atoms with Crippen molar-refractivity contribution in [3.8, 4) is 11.5 Å². The van der Waals surface area contributed by atoms with Crippen LogP contribution in [-0.4, -0.2) is 13.2 Å². The summed E-state index contributed by atoms with van der Waals surface area (Å²) in [6.07, 6.45) is 0. The van der Waals surface area contributed by atoms with Crippen LogP contribution in [0.4, 0.5) is 0 Å². The van der Waals surface area contributed by atoms with E-state index in [1.165, 1.54) is 11.1 Å². The number of ether oxygens (including phenoxy) is 2. The monoisotopic (exact) mass is 250 g/mol. The van der Waals surface area contributed by atoms with Crippen molar-refractivity contribution in [2.45, 2.75) is 41.5 Å². The quantitative estimate of drug-likeness (QED) is 0.746. The molecule has 0 aliphatic heterocycles. The van der Waals surface area contributed by atoms with Crippen molar-refractivity contribution in [1.29, 1.82) is 0 Å². The molecule has 0 spiro atoms. The molecule has 0 saturated heterocycles. The van der Waals surface area contributed by atoms with Gasteiger partial charge in [-0.05, 0) is 42.9 Å². The third-order valence-corrected chi connectivity index (χ3v) is 2.62. The molecular formula is C16H26O2. The molecule has 0 fully saturated rings. The Balaban J connectivity index is 2.81. The summed E-state index contributed by atoms with van der Waals surface area (Å²) in [5, 5.41) is 0. The Kier molecular flexibility index (Phi) is 5.52. The fourth-order valence-corrected chi connectivity index (χ4v) is 1.64. The van der Waals surface area contributed by atoms with E-state index in [0.29, 0.717) is 11.8 Å². The van der Waals surface area contributed by atoms with Gasteiger partial charge in [-0.1, -0.05) is 27.7 Å². The summed E-state index contributed by atoms with van der Waals surface area (Å²) >= 11 is 0. The van der Waals surface area contributed by atoms with Crippen LogP contribution in [0.15, 0.2) is 12.1 Å². The van der Waals surface area contributed by atoms with E-state index < -0.39 is 0 Å². The van der Waals surface area contributed by atoms with Crippen LogP contribution in [0, 0.1) is 25.7 Å². The molecule has 1 rings (SSSR count). The molecule has 0 amide bonds. The van der Waals surface area contributed by atoms with Gasteiger partial charge in [-0.3, -0.25) is 0 Å². The molecule has 0 atom stereocenters. The van der Waals surface area contributed by atoms with Gasteiger partial charge in [-0.15, -0.1) is 0 Å². The predicted octanol–water partition coefficient (Wildman–Crippen LogP) is 4.37. The van der Waals surface area contributed by atoms with Crippen LogP contribution < -0.4 is 9.47 Å². The van der Waals surface area contributed by atoms with E-state index in [1.54, 1.807) is 0 Å². The van der Waals surface area contributed by atoms with Crippen LogP contribution in [0.2, 0.25) is 0 Å². The zero-order valence-corrected chi connectivity index (χ0v) is 12.5. The summed E-state index contributed by atoms with van der Waals surface area (Å²) in [5.41, 5.74) is 2.34. The molecule has 0 radical (unpaired) electrons. The van der Waals surface area contributed by atoms with Crippen molar-refractivity contribution in [3.63, 3.8) is 0 Å². The van der Waals surface area contributed by atoms with Crippen LogP contribution in [0.3, 0.4) is 0 Å². The summed E-state index contributed by atoms with van der Waals surface area (Å²) in [7, 11) is 0. The Hall–Kier alpha value is -1.18. The van der Waals surface area contributed by atoms with Gasteiger partial charge in [0.1, 0.15) is 11.5 Å². The minimum absolute atomic E-state index is 0.533. The highest BCUT2D eigenvalue weighted by molar-refractivity contribution is 5.45. The molecule has 102 valence electrons. The summed E-state index contributed by atoms with van der Waals surface area (Å²) in [5.74, 6) is 2.94. The average Bonchev–Trinajstić information content (AvgIpc) is 2.26.